The SMILES string of the molecule is CC(NC(=O)C(C)(C)C)C(=O)NC(C)c1ccc(C(C)(C)C)cc1. The molecule has 0 heterocycles. The Kier molecular flexibility index (Phi) is 6.20. The molecule has 0 spiro atoms. The van der Waals surface area contributed by atoms with Crippen molar-refractivity contribution in [1.29, 1.82) is 0 Å². The van der Waals surface area contributed by atoms with E-state index in [-0.39, 0.29) is 23.3 Å². The summed E-state index contributed by atoms with van der Waals surface area (Å²) in [7, 11) is 0. The van der Waals surface area contributed by atoms with E-state index in [1.165, 1.54) is 5.56 Å². The lowest BCUT2D eigenvalue weighted by Crippen LogP contribution is -2.48. The van der Waals surface area contributed by atoms with Crippen molar-refractivity contribution in [3.63, 3.8) is 0 Å². The highest BCUT2D eigenvalue weighted by molar-refractivity contribution is 5.89. The van der Waals surface area contributed by atoms with Crippen molar-refractivity contribution in [2.24, 2.45) is 5.41 Å². The van der Waals surface area contributed by atoms with E-state index in [9.17, 15) is 9.59 Å². The Hall–Kier alpha value is -1.84. The van der Waals surface area contributed by atoms with Gasteiger partial charge in [-0.05, 0) is 30.4 Å². The Morgan fingerprint density at radius 1 is 0.875 bits per heavy atom. The third-order valence-electron chi connectivity index (χ3n) is 4.06. The first-order chi connectivity index (χ1) is 10.8. The lowest BCUT2D eigenvalue weighted by atomic mass is 9.86. The van der Waals surface area contributed by atoms with Gasteiger partial charge in [-0.1, -0.05) is 65.8 Å². The van der Waals surface area contributed by atoms with Crippen LogP contribution in [0.25, 0.3) is 0 Å². The minimum Gasteiger partial charge on any atom is -0.348 e. The summed E-state index contributed by atoms with van der Waals surface area (Å²) in [6.07, 6.45) is 0. The van der Waals surface area contributed by atoms with Gasteiger partial charge in [-0.2, -0.15) is 0 Å². The van der Waals surface area contributed by atoms with Crippen molar-refractivity contribution in [1.82, 2.24) is 10.6 Å². The number of carbonyl (C=O) groups excluding carboxylic acids is 2. The monoisotopic (exact) mass is 332 g/mol. The fraction of sp³-hybridized carbons (Fsp3) is 0.600. The summed E-state index contributed by atoms with van der Waals surface area (Å²) in [5.74, 6) is -0.313. The molecule has 0 saturated carbocycles. The maximum atomic E-state index is 12.3. The zero-order valence-electron chi connectivity index (χ0n) is 16.3. The fourth-order valence-corrected chi connectivity index (χ4v) is 2.17. The Labute approximate surface area is 146 Å². The van der Waals surface area contributed by atoms with Gasteiger partial charge in [0.2, 0.25) is 11.8 Å². The molecule has 0 fully saturated rings. The third kappa shape index (κ3) is 5.66. The normalized spacial score (nSPS) is 14.7. The summed E-state index contributed by atoms with van der Waals surface area (Å²) in [5, 5.41) is 5.71. The topological polar surface area (TPSA) is 58.2 Å². The summed E-state index contributed by atoms with van der Waals surface area (Å²) >= 11 is 0. The van der Waals surface area contributed by atoms with Crippen molar-refractivity contribution in [3.05, 3.63) is 35.4 Å². The largest absolute Gasteiger partial charge is 0.348 e. The van der Waals surface area contributed by atoms with Gasteiger partial charge in [0.05, 0.1) is 6.04 Å². The van der Waals surface area contributed by atoms with Gasteiger partial charge >= 0.3 is 0 Å². The van der Waals surface area contributed by atoms with Crippen molar-refractivity contribution in [2.45, 2.75) is 72.9 Å². The average molecular weight is 332 g/mol. The van der Waals surface area contributed by atoms with Gasteiger partial charge in [0, 0.05) is 5.41 Å². The molecule has 0 bridgehead atoms. The zero-order chi connectivity index (χ0) is 18.7. The lowest BCUT2D eigenvalue weighted by molar-refractivity contribution is -0.133. The molecule has 1 aromatic rings. The van der Waals surface area contributed by atoms with E-state index < -0.39 is 11.5 Å². The molecular weight excluding hydrogens is 300 g/mol. The zero-order valence-corrected chi connectivity index (χ0v) is 16.3. The third-order valence-corrected chi connectivity index (χ3v) is 4.06. The van der Waals surface area contributed by atoms with Gasteiger partial charge in [0.1, 0.15) is 6.04 Å². The van der Waals surface area contributed by atoms with E-state index >= 15 is 0 Å². The number of benzene rings is 1. The van der Waals surface area contributed by atoms with Crippen molar-refractivity contribution in [2.75, 3.05) is 0 Å². The second-order valence-corrected chi connectivity index (χ2v) is 8.55. The van der Waals surface area contributed by atoms with Crippen LogP contribution in [0.1, 0.15) is 72.6 Å². The average Bonchev–Trinajstić information content (AvgIpc) is 2.45. The van der Waals surface area contributed by atoms with Gasteiger partial charge in [0.25, 0.3) is 0 Å². The number of hydrogen-bond acceptors (Lipinski definition) is 2. The Morgan fingerprint density at radius 3 is 1.79 bits per heavy atom. The van der Waals surface area contributed by atoms with Gasteiger partial charge in [-0.3, -0.25) is 9.59 Å². The molecule has 0 radical (unpaired) electrons. The first-order valence-corrected chi connectivity index (χ1v) is 8.54. The lowest BCUT2D eigenvalue weighted by Gasteiger charge is -2.24. The summed E-state index contributed by atoms with van der Waals surface area (Å²) in [6, 6.07) is 7.62. The second-order valence-electron chi connectivity index (χ2n) is 8.55. The standard InChI is InChI=1S/C20H32N2O2/c1-13(15-9-11-16(12-10-15)19(3,4)5)21-17(23)14(2)22-18(24)20(6,7)8/h9-14H,1-8H3,(H,21,23)(H,22,24). The molecule has 0 aliphatic heterocycles. The fourth-order valence-electron chi connectivity index (χ4n) is 2.17. The Balaban J connectivity index is 2.68. The molecule has 4 heteroatoms. The van der Waals surface area contributed by atoms with Gasteiger partial charge in [-0.25, -0.2) is 0 Å². The van der Waals surface area contributed by atoms with E-state index in [0.29, 0.717) is 0 Å². The number of carbonyl (C=O) groups is 2. The molecule has 2 atom stereocenters. The van der Waals surface area contributed by atoms with Crippen LogP contribution in [-0.2, 0) is 15.0 Å². The summed E-state index contributed by atoms with van der Waals surface area (Å²) < 4.78 is 0. The Bertz CT molecular complexity index is 577. The molecule has 134 valence electrons. The quantitative estimate of drug-likeness (QED) is 0.883. The molecule has 2 N–H and O–H groups in total. The van der Waals surface area contributed by atoms with Gasteiger partial charge in [-0.15, -0.1) is 0 Å². The highest BCUT2D eigenvalue weighted by atomic mass is 16.2. The number of amides is 2. The van der Waals surface area contributed by atoms with Crippen LogP contribution in [0, 0.1) is 5.41 Å². The minimum absolute atomic E-state index is 0.108. The van der Waals surface area contributed by atoms with Crippen LogP contribution in [0.3, 0.4) is 0 Å². The highest BCUT2D eigenvalue weighted by Crippen LogP contribution is 2.24. The number of rotatable bonds is 4. The molecule has 0 aliphatic carbocycles. The van der Waals surface area contributed by atoms with Crippen molar-refractivity contribution >= 4 is 11.8 Å². The maximum absolute atomic E-state index is 12.3. The molecule has 2 unspecified atom stereocenters. The second kappa shape index (κ2) is 7.37. The smallest absolute Gasteiger partial charge is 0.242 e. The van der Waals surface area contributed by atoms with Crippen LogP contribution in [0.15, 0.2) is 24.3 Å². The Morgan fingerprint density at radius 2 is 1.38 bits per heavy atom. The van der Waals surface area contributed by atoms with Crippen LogP contribution in [0.2, 0.25) is 0 Å². The van der Waals surface area contributed by atoms with Crippen LogP contribution in [0.5, 0.6) is 0 Å². The minimum atomic E-state index is -0.562. The summed E-state index contributed by atoms with van der Waals surface area (Å²) in [4.78, 5) is 24.3. The first-order valence-electron chi connectivity index (χ1n) is 8.54. The molecule has 0 aromatic heterocycles. The number of hydrogen-bond donors (Lipinski definition) is 2. The van der Waals surface area contributed by atoms with Gasteiger partial charge < -0.3 is 10.6 Å². The predicted octanol–water partition coefficient (Wildman–Crippen LogP) is 3.71. The van der Waals surface area contributed by atoms with Crippen LogP contribution in [-0.4, -0.2) is 17.9 Å². The molecule has 0 aliphatic rings. The van der Waals surface area contributed by atoms with Crippen molar-refractivity contribution in [3.8, 4) is 0 Å². The molecule has 1 aromatic carbocycles. The van der Waals surface area contributed by atoms with Crippen LogP contribution < -0.4 is 10.6 Å². The molecule has 24 heavy (non-hydrogen) atoms. The molecule has 4 nitrogen and oxygen atoms in total. The molecule has 2 amide bonds. The summed E-state index contributed by atoms with van der Waals surface area (Å²) in [6.45, 7) is 15.6. The van der Waals surface area contributed by atoms with Crippen molar-refractivity contribution < 1.29 is 9.59 Å². The summed E-state index contributed by atoms with van der Waals surface area (Å²) in [5.41, 5.74) is 1.90. The molecule has 0 saturated heterocycles. The molecular formula is C20H32N2O2. The van der Waals surface area contributed by atoms with E-state index in [1.807, 2.05) is 39.8 Å². The molecule has 1 rings (SSSR count). The van der Waals surface area contributed by atoms with E-state index in [2.05, 4.69) is 43.5 Å². The number of nitrogens with one attached hydrogen (secondary N) is 2. The van der Waals surface area contributed by atoms with E-state index in [4.69, 9.17) is 0 Å². The maximum Gasteiger partial charge on any atom is 0.242 e. The highest BCUT2D eigenvalue weighted by Gasteiger charge is 2.25. The van der Waals surface area contributed by atoms with Gasteiger partial charge in [0.15, 0.2) is 0 Å². The van der Waals surface area contributed by atoms with Crippen LogP contribution >= 0.6 is 0 Å². The predicted molar refractivity (Wildman–Crippen MR) is 98.8 cm³/mol. The van der Waals surface area contributed by atoms with E-state index in [1.54, 1.807) is 6.92 Å². The van der Waals surface area contributed by atoms with Crippen LogP contribution in [0.4, 0.5) is 0 Å². The first kappa shape index (κ1) is 20.2. The van der Waals surface area contributed by atoms with E-state index in [0.717, 1.165) is 5.56 Å².